The van der Waals surface area contributed by atoms with E-state index in [9.17, 15) is 22.4 Å². The number of H-pyrrole nitrogens is 1. The Morgan fingerprint density at radius 1 is 1.19 bits per heavy atom. The Labute approximate surface area is 176 Å². The molecule has 0 saturated heterocycles. The predicted molar refractivity (Wildman–Crippen MR) is 108 cm³/mol. The summed E-state index contributed by atoms with van der Waals surface area (Å²) in [7, 11) is 0. The smallest absolute Gasteiger partial charge is 0.357 e. The second-order valence-corrected chi connectivity index (χ2v) is 8.43. The minimum atomic E-state index is -4.41. The molecule has 3 aromatic heterocycles. The molecule has 31 heavy (non-hydrogen) atoms. The maximum absolute atomic E-state index is 13.5. The molecule has 1 N–H and O–H groups in total. The fraction of sp³-hybridized carbons (Fsp3) is 0.250. The molecule has 4 heterocycles. The van der Waals surface area contributed by atoms with E-state index >= 15 is 0 Å². The summed E-state index contributed by atoms with van der Waals surface area (Å²) in [5.74, 6) is 0.0735. The maximum Gasteiger partial charge on any atom is 0.425 e. The van der Waals surface area contributed by atoms with Crippen molar-refractivity contribution < 1.29 is 17.6 Å². The zero-order chi connectivity index (χ0) is 21.8. The second kappa shape index (κ2) is 7.19. The SMILES string of the molecule is O=c1nc(N2CCc3c([nH]c4cc(F)ccc34)C2)cnn1Cc1ccc(C(F)(F)F)s1. The summed E-state index contributed by atoms with van der Waals surface area (Å²) in [6.45, 7) is 0.990. The summed E-state index contributed by atoms with van der Waals surface area (Å²) in [5.41, 5.74) is 2.13. The lowest BCUT2D eigenvalue weighted by molar-refractivity contribution is -0.134. The number of nitrogens with one attached hydrogen (secondary N) is 1. The van der Waals surface area contributed by atoms with Gasteiger partial charge in [0, 0.05) is 28.0 Å². The zero-order valence-electron chi connectivity index (χ0n) is 15.9. The summed E-state index contributed by atoms with van der Waals surface area (Å²) in [6, 6.07) is 6.96. The number of halogens is 4. The van der Waals surface area contributed by atoms with Crippen LogP contribution < -0.4 is 10.6 Å². The van der Waals surface area contributed by atoms with Crippen molar-refractivity contribution >= 4 is 28.1 Å². The Kier molecular flexibility index (Phi) is 4.58. The van der Waals surface area contributed by atoms with E-state index in [2.05, 4.69) is 15.1 Å². The molecule has 1 aliphatic heterocycles. The Morgan fingerprint density at radius 3 is 2.77 bits per heavy atom. The van der Waals surface area contributed by atoms with Gasteiger partial charge in [-0.2, -0.15) is 23.3 Å². The zero-order valence-corrected chi connectivity index (χ0v) is 16.7. The molecule has 6 nitrogen and oxygen atoms in total. The predicted octanol–water partition coefficient (Wildman–Crippen LogP) is 3.95. The van der Waals surface area contributed by atoms with Crippen LogP contribution in [0, 0.1) is 5.82 Å². The number of hydrogen-bond acceptors (Lipinski definition) is 5. The van der Waals surface area contributed by atoms with E-state index in [0.717, 1.165) is 32.9 Å². The van der Waals surface area contributed by atoms with E-state index < -0.39 is 16.7 Å². The van der Waals surface area contributed by atoms with Crippen molar-refractivity contribution in [1.82, 2.24) is 19.7 Å². The molecular formula is C20H15F4N5OS. The molecule has 0 fully saturated rings. The van der Waals surface area contributed by atoms with Crippen molar-refractivity contribution in [3.05, 3.63) is 73.8 Å². The highest BCUT2D eigenvalue weighted by Crippen LogP contribution is 2.34. The van der Waals surface area contributed by atoms with E-state index in [4.69, 9.17) is 0 Å². The van der Waals surface area contributed by atoms with Crippen LogP contribution in [-0.2, 0) is 25.7 Å². The third kappa shape index (κ3) is 3.69. The molecule has 1 aliphatic rings. The van der Waals surface area contributed by atoms with Crippen molar-refractivity contribution in [3.8, 4) is 0 Å². The first-order valence-electron chi connectivity index (χ1n) is 9.42. The number of fused-ring (bicyclic) bond motifs is 3. The molecule has 0 bridgehead atoms. The Hall–Kier alpha value is -3.21. The number of thiophene rings is 1. The van der Waals surface area contributed by atoms with Gasteiger partial charge in [-0.15, -0.1) is 11.3 Å². The second-order valence-electron chi connectivity index (χ2n) is 7.26. The Bertz CT molecular complexity index is 1340. The average Bonchev–Trinajstić information content (AvgIpc) is 3.32. The minimum Gasteiger partial charge on any atom is -0.357 e. The first-order chi connectivity index (χ1) is 14.8. The van der Waals surface area contributed by atoms with Gasteiger partial charge < -0.3 is 9.88 Å². The fourth-order valence-corrected chi connectivity index (χ4v) is 4.65. The molecule has 4 aromatic rings. The summed E-state index contributed by atoms with van der Waals surface area (Å²) in [6.07, 6.45) is -2.28. The number of aromatic nitrogens is 4. The van der Waals surface area contributed by atoms with Crippen LogP contribution in [0.1, 0.15) is 21.0 Å². The molecule has 5 rings (SSSR count). The molecule has 0 unspecified atom stereocenters. The topological polar surface area (TPSA) is 66.8 Å². The van der Waals surface area contributed by atoms with Crippen LogP contribution in [0.4, 0.5) is 23.4 Å². The normalized spacial score (nSPS) is 14.3. The van der Waals surface area contributed by atoms with Crippen LogP contribution in [0.25, 0.3) is 10.9 Å². The van der Waals surface area contributed by atoms with Crippen LogP contribution in [-0.4, -0.2) is 26.3 Å². The first-order valence-corrected chi connectivity index (χ1v) is 10.2. The quantitative estimate of drug-likeness (QED) is 0.481. The number of nitrogens with zero attached hydrogens (tertiary/aromatic N) is 4. The van der Waals surface area contributed by atoms with Gasteiger partial charge in [0.2, 0.25) is 0 Å². The van der Waals surface area contributed by atoms with Crippen LogP contribution in [0.3, 0.4) is 0 Å². The monoisotopic (exact) mass is 449 g/mol. The lowest BCUT2D eigenvalue weighted by atomic mass is 10.0. The third-order valence-electron chi connectivity index (χ3n) is 5.25. The highest BCUT2D eigenvalue weighted by Gasteiger charge is 2.32. The van der Waals surface area contributed by atoms with E-state index in [-0.39, 0.29) is 12.4 Å². The van der Waals surface area contributed by atoms with E-state index in [0.29, 0.717) is 41.5 Å². The van der Waals surface area contributed by atoms with Gasteiger partial charge in [0.15, 0.2) is 5.82 Å². The Morgan fingerprint density at radius 2 is 2.03 bits per heavy atom. The van der Waals surface area contributed by atoms with Gasteiger partial charge in [-0.3, -0.25) is 0 Å². The van der Waals surface area contributed by atoms with Crippen LogP contribution in [0.5, 0.6) is 0 Å². The standard InChI is InChI=1S/C20H15F4N5OS/c21-11-1-3-13-14-5-6-28(10-16(14)26-15(13)7-11)18-8-25-29(19(30)27-18)9-12-2-4-17(31-12)20(22,23)24/h1-4,7-8,26H,5-6,9-10H2. The molecule has 160 valence electrons. The number of anilines is 1. The van der Waals surface area contributed by atoms with Crippen LogP contribution in [0.2, 0.25) is 0 Å². The molecule has 0 atom stereocenters. The van der Waals surface area contributed by atoms with Crippen molar-refractivity contribution in [2.75, 3.05) is 11.4 Å². The summed E-state index contributed by atoms with van der Waals surface area (Å²) in [4.78, 5) is 21.2. The minimum absolute atomic E-state index is 0.0788. The van der Waals surface area contributed by atoms with Gasteiger partial charge in [-0.1, -0.05) is 0 Å². The molecule has 0 amide bonds. The number of alkyl halides is 3. The summed E-state index contributed by atoms with van der Waals surface area (Å²) in [5, 5.41) is 5.07. The van der Waals surface area contributed by atoms with E-state index in [1.54, 1.807) is 6.07 Å². The highest BCUT2D eigenvalue weighted by molar-refractivity contribution is 7.12. The summed E-state index contributed by atoms with van der Waals surface area (Å²) >= 11 is 0.577. The van der Waals surface area contributed by atoms with Crippen LogP contribution in [0.15, 0.2) is 41.3 Å². The van der Waals surface area contributed by atoms with Gasteiger partial charge in [0.25, 0.3) is 0 Å². The lowest BCUT2D eigenvalue weighted by Crippen LogP contribution is -2.34. The largest absolute Gasteiger partial charge is 0.425 e. The highest BCUT2D eigenvalue weighted by atomic mass is 32.1. The lowest BCUT2D eigenvalue weighted by Gasteiger charge is -2.27. The van der Waals surface area contributed by atoms with Crippen molar-refractivity contribution in [2.45, 2.75) is 25.7 Å². The van der Waals surface area contributed by atoms with Crippen molar-refractivity contribution in [3.63, 3.8) is 0 Å². The fourth-order valence-electron chi connectivity index (χ4n) is 3.80. The first kappa shape index (κ1) is 19.7. The molecule has 0 aliphatic carbocycles. The maximum atomic E-state index is 13.5. The van der Waals surface area contributed by atoms with Gasteiger partial charge in [-0.25, -0.2) is 13.9 Å². The molecule has 0 saturated carbocycles. The van der Waals surface area contributed by atoms with Crippen LogP contribution >= 0.6 is 11.3 Å². The molecular weight excluding hydrogens is 434 g/mol. The number of benzene rings is 1. The molecule has 0 spiro atoms. The van der Waals surface area contributed by atoms with Gasteiger partial charge >= 0.3 is 11.9 Å². The third-order valence-corrected chi connectivity index (χ3v) is 6.37. The average molecular weight is 449 g/mol. The van der Waals surface area contributed by atoms with E-state index in [1.165, 1.54) is 24.4 Å². The number of rotatable bonds is 3. The van der Waals surface area contributed by atoms with Gasteiger partial charge in [0.05, 0.1) is 19.3 Å². The number of hydrogen-bond donors (Lipinski definition) is 1. The summed E-state index contributed by atoms with van der Waals surface area (Å²) < 4.78 is 52.8. The molecule has 1 aromatic carbocycles. The van der Waals surface area contributed by atoms with Gasteiger partial charge in [-0.05, 0) is 42.3 Å². The molecule has 0 radical (unpaired) electrons. The van der Waals surface area contributed by atoms with E-state index in [1.807, 2.05) is 4.90 Å². The van der Waals surface area contributed by atoms with Crippen molar-refractivity contribution in [2.24, 2.45) is 0 Å². The van der Waals surface area contributed by atoms with Crippen molar-refractivity contribution in [1.29, 1.82) is 0 Å². The number of aromatic amines is 1. The Balaban J connectivity index is 1.36. The van der Waals surface area contributed by atoms with Gasteiger partial charge in [0.1, 0.15) is 10.7 Å². The molecule has 11 heteroatoms.